The number of hydrogen-bond donors (Lipinski definition) is 1. The van der Waals surface area contributed by atoms with Gasteiger partial charge in [0.1, 0.15) is 24.2 Å². The van der Waals surface area contributed by atoms with E-state index < -0.39 is 6.10 Å². The van der Waals surface area contributed by atoms with E-state index in [1.807, 2.05) is 42.2 Å². The molecule has 24 heavy (non-hydrogen) atoms. The SMILES string of the molecule is COc1ccc(OC[C@H](O)CN2CCC[C@H]2c2cnn(C)c2)cc1. The van der Waals surface area contributed by atoms with Crippen LogP contribution in [-0.2, 0) is 7.05 Å². The van der Waals surface area contributed by atoms with Crippen molar-refractivity contribution < 1.29 is 14.6 Å². The molecule has 2 atom stereocenters. The second kappa shape index (κ2) is 7.68. The van der Waals surface area contributed by atoms with Gasteiger partial charge in [-0.2, -0.15) is 5.10 Å². The zero-order valence-corrected chi connectivity index (χ0v) is 14.3. The predicted molar refractivity (Wildman–Crippen MR) is 91.3 cm³/mol. The standard InChI is InChI=1S/C18H25N3O3/c1-20-11-14(10-19-20)18-4-3-9-21(18)12-15(22)13-24-17-7-5-16(23-2)6-8-17/h5-8,10-11,15,18,22H,3-4,9,12-13H2,1-2H3/t15-,18+/m1/s1. The van der Waals surface area contributed by atoms with Crippen LogP contribution in [0.15, 0.2) is 36.7 Å². The second-order valence-electron chi connectivity index (χ2n) is 6.24. The number of hydrogen-bond acceptors (Lipinski definition) is 5. The Bertz CT molecular complexity index is 641. The first-order valence-electron chi connectivity index (χ1n) is 8.33. The Morgan fingerprint density at radius 2 is 2.04 bits per heavy atom. The van der Waals surface area contributed by atoms with Crippen molar-refractivity contribution in [2.45, 2.75) is 25.0 Å². The van der Waals surface area contributed by atoms with Crippen LogP contribution >= 0.6 is 0 Å². The molecule has 1 aromatic carbocycles. The molecule has 0 unspecified atom stereocenters. The first-order valence-corrected chi connectivity index (χ1v) is 8.33. The summed E-state index contributed by atoms with van der Waals surface area (Å²) in [6.45, 7) is 1.89. The molecule has 1 N–H and O–H groups in total. The van der Waals surface area contributed by atoms with Crippen LogP contribution in [0.5, 0.6) is 11.5 Å². The Morgan fingerprint density at radius 1 is 1.29 bits per heavy atom. The monoisotopic (exact) mass is 331 g/mol. The summed E-state index contributed by atoms with van der Waals surface area (Å²) in [6.07, 6.45) is 5.71. The zero-order valence-electron chi connectivity index (χ0n) is 14.3. The van der Waals surface area contributed by atoms with Crippen LogP contribution in [0.3, 0.4) is 0 Å². The Kier molecular flexibility index (Phi) is 5.37. The molecule has 6 nitrogen and oxygen atoms in total. The summed E-state index contributed by atoms with van der Waals surface area (Å²) in [5, 5.41) is 14.6. The van der Waals surface area contributed by atoms with Gasteiger partial charge in [-0.15, -0.1) is 0 Å². The van der Waals surface area contributed by atoms with Crippen molar-refractivity contribution in [1.29, 1.82) is 0 Å². The van der Waals surface area contributed by atoms with E-state index in [0.29, 0.717) is 12.6 Å². The lowest BCUT2D eigenvalue weighted by atomic mass is 10.1. The lowest BCUT2D eigenvalue weighted by Crippen LogP contribution is -2.35. The molecule has 3 rings (SSSR count). The van der Waals surface area contributed by atoms with Gasteiger partial charge in [0.2, 0.25) is 0 Å². The van der Waals surface area contributed by atoms with E-state index in [1.165, 1.54) is 5.56 Å². The highest BCUT2D eigenvalue weighted by atomic mass is 16.5. The van der Waals surface area contributed by atoms with E-state index in [1.54, 1.807) is 7.11 Å². The van der Waals surface area contributed by atoms with Gasteiger partial charge in [-0.3, -0.25) is 9.58 Å². The highest BCUT2D eigenvalue weighted by Gasteiger charge is 2.28. The maximum Gasteiger partial charge on any atom is 0.119 e. The van der Waals surface area contributed by atoms with Crippen molar-refractivity contribution >= 4 is 0 Å². The Balaban J connectivity index is 1.51. The molecule has 0 saturated carbocycles. The minimum atomic E-state index is -0.524. The van der Waals surface area contributed by atoms with Gasteiger partial charge in [-0.05, 0) is 43.7 Å². The number of benzene rings is 1. The largest absolute Gasteiger partial charge is 0.497 e. The van der Waals surface area contributed by atoms with Gasteiger partial charge in [0, 0.05) is 31.4 Å². The maximum atomic E-state index is 10.3. The molecule has 2 heterocycles. The van der Waals surface area contributed by atoms with E-state index in [0.717, 1.165) is 30.9 Å². The van der Waals surface area contributed by atoms with Crippen LogP contribution in [0.2, 0.25) is 0 Å². The molecule has 1 aliphatic heterocycles. The highest BCUT2D eigenvalue weighted by Crippen LogP contribution is 2.31. The number of methoxy groups -OCH3 is 1. The van der Waals surface area contributed by atoms with Crippen molar-refractivity contribution in [1.82, 2.24) is 14.7 Å². The first-order chi connectivity index (χ1) is 11.7. The topological polar surface area (TPSA) is 59.8 Å². The van der Waals surface area contributed by atoms with E-state index >= 15 is 0 Å². The fraction of sp³-hybridized carbons (Fsp3) is 0.500. The summed E-state index contributed by atoms with van der Waals surface area (Å²) >= 11 is 0. The summed E-state index contributed by atoms with van der Waals surface area (Å²) in [6, 6.07) is 7.73. The van der Waals surface area contributed by atoms with E-state index in [2.05, 4.69) is 16.2 Å². The smallest absolute Gasteiger partial charge is 0.119 e. The minimum Gasteiger partial charge on any atom is -0.497 e. The zero-order chi connectivity index (χ0) is 16.9. The number of aryl methyl sites for hydroxylation is 1. The lowest BCUT2D eigenvalue weighted by molar-refractivity contribution is 0.0638. The van der Waals surface area contributed by atoms with Gasteiger partial charge in [0.25, 0.3) is 0 Å². The molecule has 0 spiro atoms. The van der Waals surface area contributed by atoms with Gasteiger partial charge < -0.3 is 14.6 Å². The maximum absolute atomic E-state index is 10.3. The molecular formula is C18H25N3O3. The molecule has 2 aromatic rings. The van der Waals surface area contributed by atoms with Gasteiger partial charge in [0.05, 0.1) is 13.3 Å². The Labute approximate surface area is 142 Å². The normalized spacial score (nSPS) is 19.4. The van der Waals surface area contributed by atoms with Crippen molar-refractivity contribution in [2.75, 3.05) is 26.8 Å². The van der Waals surface area contributed by atoms with Crippen LogP contribution in [0.1, 0.15) is 24.4 Å². The number of rotatable bonds is 7. The van der Waals surface area contributed by atoms with Crippen molar-refractivity contribution in [3.63, 3.8) is 0 Å². The first kappa shape index (κ1) is 16.8. The second-order valence-corrected chi connectivity index (χ2v) is 6.24. The van der Waals surface area contributed by atoms with Gasteiger partial charge in [-0.25, -0.2) is 0 Å². The van der Waals surface area contributed by atoms with Crippen LogP contribution in [0, 0.1) is 0 Å². The summed E-state index contributed by atoms with van der Waals surface area (Å²) in [5.74, 6) is 1.53. The number of aliphatic hydroxyl groups excluding tert-OH is 1. The van der Waals surface area contributed by atoms with Crippen LogP contribution in [0.25, 0.3) is 0 Å². The number of β-amino-alcohol motifs (C(OH)–C–C–N with tert-alkyl or cyclic N) is 1. The number of aliphatic hydroxyl groups is 1. The van der Waals surface area contributed by atoms with Crippen molar-refractivity contribution in [2.24, 2.45) is 7.05 Å². The predicted octanol–water partition coefficient (Wildman–Crippen LogP) is 2.01. The third-order valence-corrected chi connectivity index (χ3v) is 4.42. The highest BCUT2D eigenvalue weighted by molar-refractivity contribution is 5.31. The lowest BCUT2D eigenvalue weighted by Gasteiger charge is -2.26. The van der Waals surface area contributed by atoms with Crippen molar-refractivity contribution in [3.8, 4) is 11.5 Å². The number of likely N-dealkylation sites (tertiary alicyclic amines) is 1. The molecule has 0 aliphatic carbocycles. The summed E-state index contributed by atoms with van der Waals surface area (Å²) in [5.41, 5.74) is 1.22. The van der Waals surface area contributed by atoms with E-state index in [4.69, 9.17) is 9.47 Å². The summed E-state index contributed by atoms with van der Waals surface area (Å²) < 4.78 is 12.6. The molecule has 6 heteroatoms. The fourth-order valence-electron chi connectivity index (χ4n) is 3.22. The van der Waals surface area contributed by atoms with Gasteiger partial charge in [-0.1, -0.05) is 0 Å². The average molecular weight is 331 g/mol. The fourth-order valence-corrected chi connectivity index (χ4v) is 3.22. The Hall–Kier alpha value is -2.05. The number of nitrogens with zero attached hydrogens (tertiary/aromatic N) is 3. The summed E-state index contributed by atoms with van der Waals surface area (Å²) in [4.78, 5) is 2.32. The van der Waals surface area contributed by atoms with Crippen LogP contribution in [-0.4, -0.2) is 52.7 Å². The quantitative estimate of drug-likeness (QED) is 0.841. The molecular weight excluding hydrogens is 306 g/mol. The van der Waals surface area contributed by atoms with E-state index in [9.17, 15) is 5.11 Å². The molecule has 1 aliphatic rings. The molecule has 1 fully saturated rings. The van der Waals surface area contributed by atoms with E-state index in [-0.39, 0.29) is 6.61 Å². The molecule has 1 aromatic heterocycles. The average Bonchev–Trinajstić information content (AvgIpc) is 3.22. The number of ether oxygens (including phenoxy) is 2. The third-order valence-electron chi connectivity index (χ3n) is 4.42. The summed E-state index contributed by atoms with van der Waals surface area (Å²) in [7, 11) is 3.56. The van der Waals surface area contributed by atoms with Crippen molar-refractivity contribution in [3.05, 3.63) is 42.2 Å². The molecule has 0 amide bonds. The number of aromatic nitrogens is 2. The molecule has 1 saturated heterocycles. The minimum absolute atomic E-state index is 0.280. The van der Waals surface area contributed by atoms with Crippen LogP contribution < -0.4 is 9.47 Å². The molecule has 0 bridgehead atoms. The van der Waals surface area contributed by atoms with Crippen LogP contribution in [0.4, 0.5) is 0 Å². The third kappa shape index (κ3) is 4.07. The Morgan fingerprint density at radius 3 is 2.71 bits per heavy atom. The molecule has 130 valence electrons. The molecule has 0 radical (unpaired) electrons. The van der Waals surface area contributed by atoms with Gasteiger partial charge in [0.15, 0.2) is 0 Å². The van der Waals surface area contributed by atoms with Gasteiger partial charge >= 0.3 is 0 Å².